The molecule has 1 saturated carbocycles. The summed E-state index contributed by atoms with van der Waals surface area (Å²) in [6.45, 7) is 4.67. The van der Waals surface area contributed by atoms with E-state index in [0.29, 0.717) is 18.8 Å². The molecule has 2 aliphatic heterocycles. The van der Waals surface area contributed by atoms with E-state index in [-0.39, 0.29) is 30.6 Å². The molecule has 4 heterocycles. The minimum atomic E-state index is -2.62. The lowest BCUT2D eigenvalue weighted by atomic mass is 9.76. The van der Waals surface area contributed by atoms with Gasteiger partial charge in [-0.05, 0) is 68.7 Å². The number of carbonyl (C=O) groups is 1. The van der Waals surface area contributed by atoms with E-state index in [4.69, 9.17) is 9.72 Å². The number of carbonyl (C=O) groups excluding carboxylic acids is 1. The van der Waals surface area contributed by atoms with E-state index >= 15 is 0 Å². The average molecular weight is 499 g/mol. The van der Waals surface area contributed by atoms with Gasteiger partial charge in [0.25, 0.3) is 0 Å². The normalized spacial score (nSPS) is 22.5. The van der Waals surface area contributed by atoms with Crippen LogP contribution in [-0.4, -0.2) is 58.9 Å². The first-order valence-electron chi connectivity index (χ1n) is 13.3. The molecule has 0 bridgehead atoms. The second-order valence-electron chi connectivity index (χ2n) is 10.5. The molecular formula is C28H36F2N4O2. The first kappa shape index (κ1) is 25.2. The van der Waals surface area contributed by atoms with Gasteiger partial charge >= 0.3 is 0 Å². The van der Waals surface area contributed by atoms with Gasteiger partial charge < -0.3 is 10.1 Å². The summed E-state index contributed by atoms with van der Waals surface area (Å²) in [5.41, 5.74) is 3.86. The van der Waals surface area contributed by atoms with Gasteiger partial charge in [-0.3, -0.25) is 14.7 Å². The minimum Gasteiger partial charge on any atom is -0.377 e. The average Bonchev–Trinajstić information content (AvgIpc) is 3.30. The molecule has 2 aromatic rings. The minimum absolute atomic E-state index is 0.0167. The van der Waals surface area contributed by atoms with Gasteiger partial charge in [-0.2, -0.15) is 0 Å². The molecule has 2 atom stereocenters. The first-order chi connectivity index (χ1) is 17.4. The van der Waals surface area contributed by atoms with Crippen LogP contribution in [0.15, 0.2) is 30.5 Å². The molecule has 0 spiro atoms. The molecule has 1 N–H and O–H groups in total. The number of alkyl halides is 2. The number of likely N-dealkylation sites (tertiary alicyclic amines) is 1. The zero-order chi connectivity index (χ0) is 25.1. The van der Waals surface area contributed by atoms with Crippen molar-refractivity contribution in [1.29, 1.82) is 0 Å². The first-order valence-corrected chi connectivity index (χ1v) is 13.3. The van der Waals surface area contributed by atoms with Crippen LogP contribution in [0.4, 0.5) is 14.6 Å². The quantitative estimate of drug-likeness (QED) is 0.460. The van der Waals surface area contributed by atoms with Crippen molar-refractivity contribution in [3.63, 3.8) is 0 Å². The van der Waals surface area contributed by atoms with Crippen LogP contribution in [0.25, 0.3) is 0 Å². The van der Waals surface area contributed by atoms with E-state index in [2.05, 4.69) is 27.3 Å². The zero-order valence-corrected chi connectivity index (χ0v) is 21.0. The molecule has 1 aliphatic carbocycles. The van der Waals surface area contributed by atoms with Crippen LogP contribution in [0.2, 0.25) is 0 Å². The molecule has 5 rings (SSSR count). The number of halogens is 2. The number of aryl methyl sites for hydroxylation is 2. The molecule has 2 fully saturated rings. The van der Waals surface area contributed by atoms with Gasteiger partial charge in [0.1, 0.15) is 5.82 Å². The van der Waals surface area contributed by atoms with Crippen LogP contribution in [0, 0.1) is 0 Å². The smallest absolute Gasteiger partial charge is 0.249 e. The number of nitrogens with one attached hydrogen (secondary N) is 1. The molecular weight excluding hydrogens is 462 g/mol. The summed E-state index contributed by atoms with van der Waals surface area (Å²) in [6, 6.07) is 7.55. The van der Waals surface area contributed by atoms with Crippen molar-refractivity contribution in [2.24, 2.45) is 0 Å². The molecule has 3 aliphatic rings. The topological polar surface area (TPSA) is 67.4 Å². The molecule has 194 valence electrons. The fraction of sp³-hybridized carbons (Fsp3) is 0.607. The monoisotopic (exact) mass is 498 g/mol. The predicted octanol–water partition coefficient (Wildman–Crippen LogP) is 5.09. The Morgan fingerprint density at radius 3 is 2.94 bits per heavy atom. The maximum Gasteiger partial charge on any atom is 0.249 e. The van der Waals surface area contributed by atoms with Gasteiger partial charge in [-0.25, -0.2) is 13.8 Å². The highest BCUT2D eigenvalue weighted by atomic mass is 19.3. The van der Waals surface area contributed by atoms with Crippen LogP contribution in [-0.2, 0) is 22.4 Å². The SMILES string of the molecule is CC(=O)C(c1cccnc1C1CC(F)(F)C1)N1CC[C@@H](OCCCCc2ccc3c(n2)NCCC3)C1. The van der Waals surface area contributed by atoms with Gasteiger partial charge in [0.2, 0.25) is 5.92 Å². The number of hydrogen-bond acceptors (Lipinski definition) is 6. The second-order valence-corrected chi connectivity index (χ2v) is 10.5. The van der Waals surface area contributed by atoms with Gasteiger partial charge in [0.05, 0.1) is 12.1 Å². The Morgan fingerprint density at radius 1 is 1.28 bits per heavy atom. The Morgan fingerprint density at radius 2 is 2.14 bits per heavy atom. The molecule has 0 radical (unpaired) electrons. The number of ether oxygens (including phenoxy) is 1. The number of aromatic nitrogens is 2. The summed E-state index contributed by atoms with van der Waals surface area (Å²) in [6.07, 6.45) is 7.38. The van der Waals surface area contributed by atoms with Gasteiger partial charge in [0.15, 0.2) is 5.78 Å². The number of nitrogens with zero attached hydrogens (tertiary/aromatic N) is 3. The Labute approximate surface area is 211 Å². The largest absolute Gasteiger partial charge is 0.377 e. The number of ketones is 1. The number of anilines is 1. The number of hydrogen-bond donors (Lipinski definition) is 1. The second kappa shape index (κ2) is 10.9. The highest BCUT2D eigenvalue weighted by molar-refractivity contribution is 5.83. The molecule has 0 aromatic carbocycles. The summed E-state index contributed by atoms with van der Waals surface area (Å²) < 4.78 is 33.2. The maximum atomic E-state index is 13.5. The highest BCUT2D eigenvalue weighted by Crippen LogP contribution is 2.49. The summed E-state index contributed by atoms with van der Waals surface area (Å²) >= 11 is 0. The van der Waals surface area contributed by atoms with Crippen molar-refractivity contribution >= 4 is 11.6 Å². The summed E-state index contributed by atoms with van der Waals surface area (Å²) in [5, 5.41) is 3.39. The molecule has 8 heteroatoms. The fourth-order valence-electron chi connectivity index (χ4n) is 5.82. The van der Waals surface area contributed by atoms with E-state index < -0.39 is 12.0 Å². The number of Topliss-reactive ketones (excluding diaryl/α,β-unsaturated/α-hetero) is 1. The van der Waals surface area contributed by atoms with Crippen LogP contribution in [0.1, 0.15) is 79.9 Å². The van der Waals surface area contributed by atoms with E-state index in [1.165, 1.54) is 12.0 Å². The number of rotatable bonds is 10. The van der Waals surface area contributed by atoms with E-state index in [0.717, 1.165) is 62.3 Å². The Balaban J connectivity index is 1.11. The molecule has 6 nitrogen and oxygen atoms in total. The van der Waals surface area contributed by atoms with Crippen molar-refractivity contribution in [2.45, 2.75) is 82.3 Å². The van der Waals surface area contributed by atoms with Gasteiger partial charge in [-0.1, -0.05) is 12.1 Å². The molecule has 1 unspecified atom stereocenters. The summed E-state index contributed by atoms with van der Waals surface area (Å²) in [5.74, 6) is -1.84. The Hall–Kier alpha value is -2.45. The van der Waals surface area contributed by atoms with E-state index in [1.54, 1.807) is 19.2 Å². The fourth-order valence-corrected chi connectivity index (χ4v) is 5.82. The number of unbranched alkanes of at least 4 members (excludes halogenated alkanes) is 1. The third-order valence-electron chi connectivity index (χ3n) is 7.70. The lowest BCUT2D eigenvalue weighted by Crippen LogP contribution is -2.37. The van der Waals surface area contributed by atoms with Crippen molar-refractivity contribution in [1.82, 2.24) is 14.9 Å². The number of pyridine rings is 2. The lowest BCUT2D eigenvalue weighted by Gasteiger charge is -2.37. The molecule has 2 aromatic heterocycles. The molecule has 36 heavy (non-hydrogen) atoms. The Kier molecular flexibility index (Phi) is 7.62. The number of fused-ring (bicyclic) bond motifs is 1. The van der Waals surface area contributed by atoms with Gasteiger partial charge in [0, 0.05) is 62.6 Å². The van der Waals surface area contributed by atoms with Crippen molar-refractivity contribution < 1.29 is 18.3 Å². The standard InChI is InChI=1S/C28H36F2N4O2/c1-19(35)26(24-8-5-12-31-25(24)21-16-28(29,30)17-21)34-14-11-23(18-34)36-15-3-2-7-22-10-9-20-6-4-13-32-27(20)33-22/h5,8-10,12,21,23,26H,2-4,6-7,11,13-18H2,1H3,(H,32,33)/t23-,26?/m1/s1. The molecule has 0 amide bonds. The van der Waals surface area contributed by atoms with Crippen LogP contribution in [0.5, 0.6) is 0 Å². The lowest BCUT2D eigenvalue weighted by molar-refractivity contribution is -0.122. The Bertz CT molecular complexity index is 1070. The zero-order valence-electron chi connectivity index (χ0n) is 21.0. The van der Waals surface area contributed by atoms with Crippen LogP contribution in [0.3, 0.4) is 0 Å². The summed E-state index contributed by atoms with van der Waals surface area (Å²) in [4.78, 5) is 24.0. The maximum absolute atomic E-state index is 13.5. The van der Waals surface area contributed by atoms with Crippen molar-refractivity contribution in [2.75, 3.05) is 31.6 Å². The molecule has 1 saturated heterocycles. The third kappa shape index (κ3) is 5.75. The van der Waals surface area contributed by atoms with Crippen molar-refractivity contribution in [3.05, 3.63) is 53.0 Å². The predicted molar refractivity (Wildman–Crippen MR) is 134 cm³/mol. The van der Waals surface area contributed by atoms with Crippen molar-refractivity contribution in [3.8, 4) is 0 Å². The third-order valence-corrected chi connectivity index (χ3v) is 7.70. The van der Waals surface area contributed by atoms with E-state index in [9.17, 15) is 13.6 Å². The van der Waals surface area contributed by atoms with Crippen LogP contribution < -0.4 is 5.32 Å². The van der Waals surface area contributed by atoms with Gasteiger partial charge in [-0.15, -0.1) is 0 Å². The summed E-state index contributed by atoms with van der Waals surface area (Å²) in [7, 11) is 0. The van der Waals surface area contributed by atoms with E-state index in [1.807, 2.05) is 6.07 Å². The highest BCUT2D eigenvalue weighted by Gasteiger charge is 2.48. The van der Waals surface area contributed by atoms with Crippen LogP contribution >= 0.6 is 0 Å².